The number of pyridine rings is 1. The van der Waals surface area contributed by atoms with Gasteiger partial charge < -0.3 is 15.0 Å². The molecule has 3 heterocycles. The van der Waals surface area contributed by atoms with Crippen molar-refractivity contribution in [2.24, 2.45) is 0 Å². The van der Waals surface area contributed by atoms with Crippen LogP contribution in [0, 0.1) is 0 Å². The quantitative estimate of drug-likeness (QED) is 0.790. The highest BCUT2D eigenvalue weighted by Crippen LogP contribution is 2.21. The minimum absolute atomic E-state index is 0.0761. The third-order valence-electron chi connectivity index (χ3n) is 4.51. The monoisotopic (exact) mass is 336 g/mol. The Morgan fingerprint density at radius 2 is 1.84 bits per heavy atom. The Morgan fingerprint density at radius 3 is 2.56 bits per heavy atom. The normalized spacial score (nSPS) is 14.7. The molecule has 4 rings (SSSR count). The van der Waals surface area contributed by atoms with Gasteiger partial charge in [-0.05, 0) is 36.4 Å². The number of hydrogen-bond acceptors (Lipinski definition) is 5. The summed E-state index contributed by atoms with van der Waals surface area (Å²) in [6.45, 7) is 3.80. The Hall–Kier alpha value is -2.86. The lowest BCUT2D eigenvalue weighted by Crippen LogP contribution is -2.43. The van der Waals surface area contributed by atoms with E-state index in [0.29, 0.717) is 11.3 Å². The summed E-state index contributed by atoms with van der Waals surface area (Å²) in [5, 5.41) is 3.34. The molecule has 0 atom stereocenters. The molecule has 0 saturated carbocycles. The predicted molar refractivity (Wildman–Crippen MR) is 98.5 cm³/mol. The average Bonchev–Trinajstić information content (AvgIpc) is 2.68. The van der Waals surface area contributed by atoms with Gasteiger partial charge in [-0.1, -0.05) is 0 Å². The van der Waals surface area contributed by atoms with Gasteiger partial charge in [0.05, 0.1) is 18.5 Å². The molecule has 0 radical (unpaired) electrons. The summed E-state index contributed by atoms with van der Waals surface area (Å²) in [6, 6.07) is 13.1. The van der Waals surface area contributed by atoms with E-state index in [1.165, 1.54) is 0 Å². The van der Waals surface area contributed by atoms with Crippen LogP contribution in [0.2, 0.25) is 0 Å². The molecule has 1 aliphatic rings. The number of anilines is 1. The van der Waals surface area contributed by atoms with Gasteiger partial charge in [0, 0.05) is 44.0 Å². The lowest BCUT2D eigenvalue weighted by Gasteiger charge is -2.29. The van der Waals surface area contributed by atoms with Crippen molar-refractivity contribution < 1.29 is 4.74 Å². The third kappa shape index (κ3) is 3.08. The van der Waals surface area contributed by atoms with Crippen LogP contribution in [0.3, 0.4) is 0 Å². The number of ether oxygens (including phenoxy) is 1. The van der Waals surface area contributed by atoms with Gasteiger partial charge in [0.25, 0.3) is 5.56 Å². The molecule has 0 bridgehead atoms. The summed E-state index contributed by atoms with van der Waals surface area (Å²) in [4.78, 5) is 19.5. The zero-order chi connectivity index (χ0) is 17.2. The first-order valence-corrected chi connectivity index (χ1v) is 8.38. The van der Waals surface area contributed by atoms with E-state index < -0.39 is 0 Å². The van der Waals surface area contributed by atoms with Crippen LogP contribution in [0.5, 0.6) is 5.75 Å². The lowest BCUT2D eigenvalue weighted by molar-refractivity contribution is 0.415. The first-order chi connectivity index (χ1) is 12.2. The molecular weight excluding hydrogens is 316 g/mol. The number of rotatable bonds is 3. The fourth-order valence-corrected chi connectivity index (χ4v) is 3.11. The molecule has 6 heteroatoms. The van der Waals surface area contributed by atoms with Crippen molar-refractivity contribution in [3.8, 4) is 17.0 Å². The van der Waals surface area contributed by atoms with Crippen LogP contribution in [0.4, 0.5) is 5.69 Å². The molecule has 2 aromatic heterocycles. The fraction of sp³-hybridized carbons (Fsp3) is 0.263. The van der Waals surface area contributed by atoms with Gasteiger partial charge in [-0.15, -0.1) is 0 Å². The molecule has 1 fully saturated rings. The molecule has 1 saturated heterocycles. The van der Waals surface area contributed by atoms with Crippen molar-refractivity contribution in [3.63, 3.8) is 0 Å². The van der Waals surface area contributed by atoms with Gasteiger partial charge >= 0.3 is 0 Å². The molecule has 1 aromatic carbocycles. The Bertz CT molecular complexity index is 944. The molecule has 0 spiro atoms. The molecule has 25 heavy (non-hydrogen) atoms. The maximum atomic E-state index is 12.6. The molecule has 6 nitrogen and oxygen atoms in total. The second kappa shape index (κ2) is 6.57. The summed E-state index contributed by atoms with van der Waals surface area (Å²) < 4.78 is 6.79. The standard InChI is InChI=1S/C19H20N4O2/c1-25-16-5-2-14(3-6-16)17-12-19(24)23-13-15(4-7-18(23)21-17)22-10-8-20-9-11-22/h2-7,12-13,20H,8-11H2,1H3. The van der Waals surface area contributed by atoms with E-state index in [0.717, 1.165) is 43.2 Å². The number of aromatic nitrogens is 2. The number of hydrogen-bond donors (Lipinski definition) is 1. The Labute approximate surface area is 145 Å². The zero-order valence-electron chi connectivity index (χ0n) is 14.1. The Balaban J connectivity index is 1.73. The largest absolute Gasteiger partial charge is 0.497 e. The molecule has 0 amide bonds. The van der Waals surface area contributed by atoms with Crippen molar-refractivity contribution in [1.29, 1.82) is 0 Å². The van der Waals surface area contributed by atoms with Crippen molar-refractivity contribution in [3.05, 3.63) is 59.0 Å². The number of benzene rings is 1. The van der Waals surface area contributed by atoms with Crippen LogP contribution in [0.15, 0.2) is 53.5 Å². The van der Waals surface area contributed by atoms with Crippen molar-refractivity contribution in [1.82, 2.24) is 14.7 Å². The zero-order valence-corrected chi connectivity index (χ0v) is 14.1. The minimum Gasteiger partial charge on any atom is -0.497 e. The van der Waals surface area contributed by atoms with Crippen LogP contribution in [-0.2, 0) is 0 Å². The summed E-state index contributed by atoms with van der Waals surface area (Å²) in [5.41, 5.74) is 3.19. The maximum Gasteiger partial charge on any atom is 0.258 e. The van der Waals surface area contributed by atoms with E-state index in [9.17, 15) is 4.79 Å². The first-order valence-electron chi connectivity index (χ1n) is 8.38. The topological polar surface area (TPSA) is 58.9 Å². The maximum absolute atomic E-state index is 12.6. The number of nitrogens with one attached hydrogen (secondary N) is 1. The highest BCUT2D eigenvalue weighted by Gasteiger charge is 2.12. The van der Waals surface area contributed by atoms with Crippen LogP contribution < -0.4 is 20.5 Å². The number of nitrogens with zero attached hydrogens (tertiary/aromatic N) is 3. The SMILES string of the molecule is COc1ccc(-c2cc(=O)n3cc(N4CCNCC4)ccc3n2)cc1. The molecule has 1 aliphatic heterocycles. The summed E-state index contributed by atoms with van der Waals surface area (Å²) in [6.07, 6.45) is 1.88. The second-order valence-corrected chi connectivity index (χ2v) is 6.06. The highest BCUT2D eigenvalue weighted by atomic mass is 16.5. The van der Waals surface area contributed by atoms with E-state index in [2.05, 4.69) is 15.2 Å². The lowest BCUT2D eigenvalue weighted by atomic mass is 10.1. The first kappa shape index (κ1) is 15.7. The Kier molecular flexibility index (Phi) is 4.11. The van der Waals surface area contributed by atoms with E-state index in [1.807, 2.05) is 42.6 Å². The van der Waals surface area contributed by atoms with Crippen molar-refractivity contribution >= 4 is 11.3 Å². The van der Waals surface area contributed by atoms with Crippen molar-refractivity contribution in [2.45, 2.75) is 0 Å². The van der Waals surface area contributed by atoms with Crippen LogP contribution in [-0.4, -0.2) is 42.7 Å². The molecule has 3 aromatic rings. The predicted octanol–water partition coefficient (Wildman–Crippen LogP) is 1.78. The van der Waals surface area contributed by atoms with E-state index in [1.54, 1.807) is 17.6 Å². The minimum atomic E-state index is -0.0761. The van der Waals surface area contributed by atoms with Crippen LogP contribution >= 0.6 is 0 Å². The molecule has 0 aliphatic carbocycles. The molecule has 0 unspecified atom stereocenters. The van der Waals surface area contributed by atoms with Crippen LogP contribution in [0.1, 0.15) is 0 Å². The van der Waals surface area contributed by atoms with Gasteiger partial charge in [0.2, 0.25) is 0 Å². The summed E-state index contributed by atoms with van der Waals surface area (Å²) in [5.74, 6) is 0.780. The smallest absolute Gasteiger partial charge is 0.258 e. The van der Waals surface area contributed by atoms with Gasteiger partial charge in [-0.2, -0.15) is 0 Å². The summed E-state index contributed by atoms with van der Waals surface area (Å²) >= 11 is 0. The fourth-order valence-electron chi connectivity index (χ4n) is 3.11. The number of methoxy groups -OCH3 is 1. The molecular formula is C19H20N4O2. The van der Waals surface area contributed by atoms with E-state index >= 15 is 0 Å². The van der Waals surface area contributed by atoms with Crippen molar-refractivity contribution in [2.75, 3.05) is 38.2 Å². The van der Waals surface area contributed by atoms with Gasteiger partial charge in [0.15, 0.2) is 0 Å². The van der Waals surface area contributed by atoms with E-state index in [4.69, 9.17) is 4.74 Å². The van der Waals surface area contributed by atoms with Crippen LogP contribution in [0.25, 0.3) is 16.9 Å². The molecule has 128 valence electrons. The average molecular weight is 336 g/mol. The van der Waals surface area contributed by atoms with Gasteiger partial charge in [0.1, 0.15) is 11.4 Å². The number of fused-ring (bicyclic) bond motifs is 1. The highest BCUT2D eigenvalue weighted by molar-refractivity contribution is 5.63. The van der Waals surface area contributed by atoms with Gasteiger partial charge in [-0.3, -0.25) is 9.20 Å². The summed E-state index contributed by atoms with van der Waals surface area (Å²) in [7, 11) is 1.63. The second-order valence-electron chi connectivity index (χ2n) is 6.06. The third-order valence-corrected chi connectivity index (χ3v) is 4.51. The molecule has 1 N–H and O–H groups in total. The van der Waals surface area contributed by atoms with E-state index in [-0.39, 0.29) is 5.56 Å². The number of piperazine rings is 1. The Morgan fingerprint density at radius 1 is 1.08 bits per heavy atom. The van der Waals surface area contributed by atoms with Gasteiger partial charge in [-0.25, -0.2) is 4.98 Å².